The standard InChI is InChI=1S/C16H15Br2ClN2O3/c17-5-1-2-10(22)3-4-11(23)8-21-9-20-15-7-13(18)14(19)6-12(15)16(21)24/h3-4,6-7,9-10,22H,1-2,5,8H2. The van der Waals surface area contributed by atoms with Crippen molar-refractivity contribution in [2.24, 2.45) is 0 Å². The Kier molecular flexibility index (Phi) is 7.16. The van der Waals surface area contributed by atoms with Crippen LogP contribution in [0.2, 0.25) is 5.02 Å². The molecule has 0 saturated heterocycles. The Morgan fingerprint density at radius 3 is 2.92 bits per heavy atom. The molecule has 1 aromatic carbocycles. The number of alkyl halides is 1. The number of carbonyl (C=O) groups excluding carboxylic acids is 1. The molecule has 1 atom stereocenters. The van der Waals surface area contributed by atoms with Gasteiger partial charge in [0.25, 0.3) is 5.56 Å². The number of benzene rings is 1. The highest BCUT2D eigenvalue weighted by Gasteiger charge is 2.09. The van der Waals surface area contributed by atoms with Gasteiger partial charge in [0, 0.05) is 9.80 Å². The van der Waals surface area contributed by atoms with Gasteiger partial charge in [-0.25, -0.2) is 4.98 Å². The number of rotatable bonds is 7. The molecule has 1 unspecified atom stereocenters. The molecule has 0 aliphatic heterocycles. The third-order valence-electron chi connectivity index (χ3n) is 3.33. The molecule has 5 nitrogen and oxygen atoms in total. The minimum Gasteiger partial charge on any atom is -0.389 e. The summed E-state index contributed by atoms with van der Waals surface area (Å²) < 4.78 is 1.88. The first kappa shape index (κ1) is 19.3. The normalized spacial score (nSPS) is 12.8. The van der Waals surface area contributed by atoms with Crippen LogP contribution in [0.15, 0.2) is 39.9 Å². The van der Waals surface area contributed by atoms with Crippen molar-refractivity contribution in [1.82, 2.24) is 9.55 Å². The van der Waals surface area contributed by atoms with Crippen molar-refractivity contribution in [2.75, 3.05) is 5.33 Å². The van der Waals surface area contributed by atoms with Crippen LogP contribution in [0.4, 0.5) is 0 Å². The van der Waals surface area contributed by atoms with Gasteiger partial charge in [-0.15, -0.1) is 0 Å². The number of aliphatic hydroxyl groups excluding tert-OH is 1. The number of aliphatic hydroxyl groups is 1. The molecule has 1 N–H and O–H groups in total. The van der Waals surface area contributed by atoms with E-state index in [1.54, 1.807) is 6.07 Å². The maximum Gasteiger partial charge on any atom is 0.261 e. The van der Waals surface area contributed by atoms with E-state index in [9.17, 15) is 14.7 Å². The second-order valence-corrected chi connectivity index (χ2v) is 7.24. The molecule has 1 heterocycles. The zero-order valence-corrected chi connectivity index (χ0v) is 16.5. The van der Waals surface area contributed by atoms with E-state index in [0.717, 1.165) is 11.8 Å². The van der Waals surface area contributed by atoms with Gasteiger partial charge in [0.05, 0.1) is 34.9 Å². The molecular formula is C16H15Br2ClN2O3. The molecule has 1 aromatic heterocycles. The van der Waals surface area contributed by atoms with Gasteiger partial charge in [-0.3, -0.25) is 14.2 Å². The lowest BCUT2D eigenvalue weighted by atomic mass is 10.2. The maximum atomic E-state index is 12.4. The monoisotopic (exact) mass is 476 g/mol. The second-order valence-electron chi connectivity index (χ2n) is 5.19. The number of aromatic nitrogens is 2. The van der Waals surface area contributed by atoms with Gasteiger partial charge in [-0.1, -0.05) is 33.6 Å². The van der Waals surface area contributed by atoms with Gasteiger partial charge in [-0.05, 0) is 47.0 Å². The van der Waals surface area contributed by atoms with Gasteiger partial charge >= 0.3 is 0 Å². The average Bonchev–Trinajstić information content (AvgIpc) is 2.55. The van der Waals surface area contributed by atoms with E-state index >= 15 is 0 Å². The zero-order chi connectivity index (χ0) is 17.7. The molecule has 128 valence electrons. The summed E-state index contributed by atoms with van der Waals surface area (Å²) in [6.45, 7) is -0.142. The lowest BCUT2D eigenvalue weighted by molar-refractivity contribution is -0.115. The first-order valence-corrected chi connectivity index (χ1v) is 9.51. The van der Waals surface area contributed by atoms with E-state index in [-0.39, 0.29) is 17.9 Å². The summed E-state index contributed by atoms with van der Waals surface area (Å²) in [5, 5.41) is 11.2. The predicted octanol–water partition coefficient (Wildman–Crippen LogP) is 3.47. The number of nitrogens with zero attached hydrogens (tertiary/aromatic N) is 2. The van der Waals surface area contributed by atoms with Crippen LogP contribution < -0.4 is 5.56 Å². The van der Waals surface area contributed by atoms with E-state index in [2.05, 4.69) is 36.8 Å². The molecule has 0 aliphatic rings. The number of allylic oxidation sites excluding steroid dienone is 1. The van der Waals surface area contributed by atoms with E-state index in [1.807, 2.05) is 0 Å². The number of carbonyl (C=O) groups is 1. The molecular weight excluding hydrogens is 463 g/mol. The molecule has 2 aromatic rings. The van der Waals surface area contributed by atoms with Crippen LogP contribution in [0.1, 0.15) is 12.8 Å². The summed E-state index contributed by atoms with van der Waals surface area (Å²) >= 11 is 12.6. The highest BCUT2D eigenvalue weighted by Crippen LogP contribution is 2.25. The summed E-state index contributed by atoms with van der Waals surface area (Å²) in [6, 6.07) is 3.18. The molecule has 0 saturated carbocycles. The summed E-state index contributed by atoms with van der Waals surface area (Å²) in [4.78, 5) is 28.6. The van der Waals surface area contributed by atoms with E-state index in [0.29, 0.717) is 26.8 Å². The van der Waals surface area contributed by atoms with Crippen molar-refractivity contribution in [2.45, 2.75) is 25.5 Å². The van der Waals surface area contributed by atoms with Crippen LogP contribution in [-0.2, 0) is 11.3 Å². The number of hydrogen-bond donors (Lipinski definition) is 1. The summed E-state index contributed by atoms with van der Waals surface area (Å²) in [5.74, 6) is -0.292. The highest BCUT2D eigenvalue weighted by atomic mass is 79.9. The number of halogens is 3. The minimum atomic E-state index is -0.672. The first-order valence-electron chi connectivity index (χ1n) is 7.21. The molecule has 0 spiro atoms. The molecule has 2 rings (SSSR count). The van der Waals surface area contributed by atoms with Crippen LogP contribution >= 0.6 is 43.5 Å². The quantitative estimate of drug-likeness (QED) is 0.489. The van der Waals surface area contributed by atoms with Crippen molar-refractivity contribution < 1.29 is 9.90 Å². The maximum absolute atomic E-state index is 12.4. The van der Waals surface area contributed by atoms with E-state index in [1.165, 1.54) is 29.1 Å². The smallest absolute Gasteiger partial charge is 0.261 e. The van der Waals surface area contributed by atoms with Gasteiger partial charge in [0.2, 0.25) is 0 Å². The van der Waals surface area contributed by atoms with Crippen molar-refractivity contribution in [3.8, 4) is 0 Å². The molecule has 8 heteroatoms. The highest BCUT2D eigenvalue weighted by molar-refractivity contribution is 9.10. The largest absolute Gasteiger partial charge is 0.389 e. The Morgan fingerprint density at radius 2 is 2.21 bits per heavy atom. The number of ketones is 1. The second kappa shape index (κ2) is 8.89. The van der Waals surface area contributed by atoms with Crippen LogP contribution in [-0.4, -0.2) is 31.9 Å². The fourth-order valence-electron chi connectivity index (χ4n) is 2.09. The van der Waals surface area contributed by atoms with Crippen LogP contribution in [0.5, 0.6) is 0 Å². The fraction of sp³-hybridized carbons (Fsp3) is 0.312. The van der Waals surface area contributed by atoms with Crippen molar-refractivity contribution >= 4 is 60.1 Å². The third-order valence-corrected chi connectivity index (χ3v) is 5.09. The molecule has 0 bridgehead atoms. The number of fused-ring (bicyclic) bond motifs is 1. The van der Waals surface area contributed by atoms with Gasteiger partial charge in [0.1, 0.15) is 0 Å². The zero-order valence-electron chi connectivity index (χ0n) is 12.6. The Bertz CT molecular complexity index is 836. The number of hydrogen-bond acceptors (Lipinski definition) is 4. The van der Waals surface area contributed by atoms with E-state index in [4.69, 9.17) is 11.6 Å². The lowest BCUT2D eigenvalue weighted by Gasteiger charge is -2.06. The van der Waals surface area contributed by atoms with E-state index < -0.39 is 6.10 Å². The minimum absolute atomic E-state index is 0.142. The Hall–Kier alpha value is -1.02. The van der Waals surface area contributed by atoms with Gasteiger partial charge in [-0.2, -0.15) is 0 Å². The fourth-order valence-corrected chi connectivity index (χ4v) is 2.91. The van der Waals surface area contributed by atoms with Crippen LogP contribution in [0, 0.1) is 0 Å². The Morgan fingerprint density at radius 1 is 1.46 bits per heavy atom. The molecule has 24 heavy (non-hydrogen) atoms. The topological polar surface area (TPSA) is 72.2 Å². The van der Waals surface area contributed by atoms with Crippen molar-refractivity contribution in [3.05, 3.63) is 50.5 Å². The molecule has 0 aliphatic carbocycles. The van der Waals surface area contributed by atoms with Gasteiger partial charge in [0.15, 0.2) is 5.78 Å². The summed E-state index contributed by atoms with van der Waals surface area (Å²) in [5.41, 5.74) is 0.164. The summed E-state index contributed by atoms with van der Waals surface area (Å²) in [7, 11) is 0. The molecule has 0 fully saturated rings. The van der Waals surface area contributed by atoms with Gasteiger partial charge < -0.3 is 5.11 Å². The first-order chi connectivity index (χ1) is 11.4. The Balaban J connectivity index is 2.17. The van der Waals surface area contributed by atoms with Crippen molar-refractivity contribution in [1.29, 1.82) is 0 Å². The van der Waals surface area contributed by atoms with Crippen LogP contribution in [0.3, 0.4) is 0 Å². The third kappa shape index (κ3) is 4.99. The molecule has 0 amide bonds. The molecule has 0 radical (unpaired) electrons. The van der Waals surface area contributed by atoms with Crippen molar-refractivity contribution in [3.63, 3.8) is 0 Å². The lowest BCUT2D eigenvalue weighted by Crippen LogP contribution is -2.24. The Labute approximate surface area is 160 Å². The average molecular weight is 479 g/mol. The summed E-state index contributed by atoms with van der Waals surface area (Å²) in [6.07, 6.45) is 4.78. The van der Waals surface area contributed by atoms with Crippen LogP contribution in [0.25, 0.3) is 10.9 Å². The predicted molar refractivity (Wildman–Crippen MR) is 102 cm³/mol. The SMILES string of the molecule is O=C(C=CC(O)CCCBr)Cn1cnc2cc(Br)c(Cl)cc2c1=O.